The number of nitrogens with two attached hydrogens (primary N) is 1. The minimum absolute atomic E-state index is 0.0357. The minimum Gasteiger partial charge on any atom is -0.326 e. The highest BCUT2D eigenvalue weighted by Crippen LogP contribution is 2.20. The number of anilines is 1. The van der Waals surface area contributed by atoms with Gasteiger partial charge in [0.15, 0.2) is 0 Å². The summed E-state index contributed by atoms with van der Waals surface area (Å²) in [5, 5.41) is 11.7. The van der Waals surface area contributed by atoms with Gasteiger partial charge in [0.2, 0.25) is 0 Å². The van der Waals surface area contributed by atoms with Gasteiger partial charge in [-0.3, -0.25) is 0 Å². The molecule has 0 aliphatic carbocycles. The SMILES string of the molecule is CC(N)C1CCCCN1C(=O)Nc1cccc(C#N)c1. The van der Waals surface area contributed by atoms with Crippen LogP contribution in [-0.2, 0) is 0 Å². The van der Waals surface area contributed by atoms with E-state index in [1.165, 1.54) is 0 Å². The van der Waals surface area contributed by atoms with Crippen molar-refractivity contribution < 1.29 is 4.79 Å². The van der Waals surface area contributed by atoms with E-state index in [0.29, 0.717) is 11.3 Å². The molecule has 1 heterocycles. The molecule has 20 heavy (non-hydrogen) atoms. The number of benzene rings is 1. The molecule has 5 nitrogen and oxygen atoms in total. The number of rotatable bonds is 2. The van der Waals surface area contributed by atoms with E-state index in [0.717, 1.165) is 25.8 Å². The number of nitrogens with one attached hydrogen (secondary N) is 1. The molecule has 2 atom stereocenters. The molecule has 2 unspecified atom stereocenters. The van der Waals surface area contributed by atoms with Gasteiger partial charge in [-0.2, -0.15) is 5.26 Å². The smallest absolute Gasteiger partial charge is 0.322 e. The zero-order chi connectivity index (χ0) is 14.5. The van der Waals surface area contributed by atoms with Gasteiger partial charge >= 0.3 is 6.03 Å². The molecule has 1 aromatic rings. The summed E-state index contributed by atoms with van der Waals surface area (Å²) in [6.45, 7) is 2.67. The van der Waals surface area contributed by atoms with Gasteiger partial charge in [-0.15, -0.1) is 0 Å². The van der Waals surface area contributed by atoms with Crippen LogP contribution in [0.3, 0.4) is 0 Å². The quantitative estimate of drug-likeness (QED) is 0.866. The number of amides is 2. The number of carbonyl (C=O) groups excluding carboxylic acids is 1. The van der Waals surface area contributed by atoms with E-state index in [4.69, 9.17) is 11.0 Å². The van der Waals surface area contributed by atoms with Crippen LogP contribution in [0.25, 0.3) is 0 Å². The van der Waals surface area contributed by atoms with Crippen molar-refractivity contribution in [2.45, 2.75) is 38.3 Å². The van der Waals surface area contributed by atoms with Gasteiger partial charge in [0.1, 0.15) is 0 Å². The Labute approximate surface area is 119 Å². The average Bonchev–Trinajstić information content (AvgIpc) is 2.47. The van der Waals surface area contributed by atoms with Crippen LogP contribution in [0, 0.1) is 11.3 Å². The molecule has 2 amide bonds. The van der Waals surface area contributed by atoms with Crippen LogP contribution in [0.2, 0.25) is 0 Å². The predicted octanol–water partition coefficient (Wildman–Crippen LogP) is 2.29. The largest absolute Gasteiger partial charge is 0.326 e. The van der Waals surface area contributed by atoms with Crippen molar-refractivity contribution in [2.24, 2.45) is 5.73 Å². The first-order chi connectivity index (χ1) is 9.61. The number of carbonyl (C=O) groups is 1. The second kappa shape index (κ2) is 6.40. The second-order valence-electron chi connectivity index (χ2n) is 5.24. The Kier molecular flexibility index (Phi) is 4.59. The first-order valence-corrected chi connectivity index (χ1v) is 6.95. The van der Waals surface area contributed by atoms with Crippen LogP contribution < -0.4 is 11.1 Å². The third kappa shape index (κ3) is 3.28. The molecule has 1 aromatic carbocycles. The predicted molar refractivity (Wildman–Crippen MR) is 78.2 cm³/mol. The van der Waals surface area contributed by atoms with Crippen LogP contribution in [0.5, 0.6) is 0 Å². The van der Waals surface area contributed by atoms with Crippen molar-refractivity contribution in [2.75, 3.05) is 11.9 Å². The van der Waals surface area contributed by atoms with E-state index in [1.807, 2.05) is 11.8 Å². The fourth-order valence-corrected chi connectivity index (χ4v) is 2.62. The molecule has 2 rings (SSSR count). The maximum atomic E-state index is 12.4. The van der Waals surface area contributed by atoms with E-state index < -0.39 is 0 Å². The molecule has 0 bridgehead atoms. The fourth-order valence-electron chi connectivity index (χ4n) is 2.62. The number of hydrogen-bond acceptors (Lipinski definition) is 3. The molecular weight excluding hydrogens is 252 g/mol. The summed E-state index contributed by atoms with van der Waals surface area (Å²) >= 11 is 0. The first-order valence-electron chi connectivity index (χ1n) is 6.95. The van der Waals surface area contributed by atoms with Gasteiger partial charge in [0.25, 0.3) is 0 Å². The maximum Gasteiger partial charge on any atom is 0.322 e. The Hall–Kier alpha value is -2.06. The van der Waals surface area contributed by atoms with Crippen molar-refractivity contribution in [3.05, 3.63) is 29.8 Å². The zero-order valence-corrected chi connectivity index (χ0v) is 11.7. The lowest BCUT2D eigenvalue weighted by molar-refractivity contribution is 0.151. The molecule has 0 aromatic heterocycles. The summed E-state index contributed by atoms with van der Waals surface area (Å²) in [4.78, 5) is 14.2. The molecule has 0 saturated carbocycles. The summed E-state index contributed by atoms with van der Waals surface area (Å²) in [6, 6.07) is 8.89. The third-order valence-corrected chi connectivity index (χ3v) is 3.66. The third-order valence-electron chi connectivity index (χ3n) is 3.66. The fraction of sp³-hybridized carbons (Fsp3) is 0.467. The van der Waals surface area contributed by atoms with E-state index in [-0.39, 0.29) is 18.1 Å². The Bertz CT molecular complexity index is 521. The van der Waals surface area contributed by atoms with Crippen molar-refractivity contribution >= 4 is 11.7 Å². The normalized spacial score (nSPS) is 20.1. The molecular formula is C15H20N4O. The van der Waals surface area contributed by atoms with Crippen molar-refractivity contribution in [3.8, 4) is 6.07 Å². The van der Waals surface area contributed by atoms with Gasteiger partial charge < -0.3 is 16.0 Å². The van der Waals surface area contributed by atoms with Crippen LogP contribution in [-0.4, -0.2) is 29.6 Å². The number of nitrogens with zero attached hydrogens (tertiary/aromatic N) is 2. The van der Waals surface area contributed by atoms with Crippen molar-refractivity contribution in [1.29, 1.82) is 5.26 Å². The van der Waals surface area contributed by atoms with E-state index in [1.54, 1.807) is 24.3 Å². The second-order valence-corrected chi connectivity index (χ2v) is 5.24. The molecule has 1 fully saturated rings. The Morgan fingerprint density at radius 3 is 3.05 bits per heavy atom. The summed E-state index contributed by atoms with van der Waals surface area (Å²) in [5.41, 5.74) is 7.14. The standard InChI is InChI=1S/C15H20N4O/c1-11(17)14-7-2-3-8-19(14)15(20)18-13-6-4-5-12(9-13)10-16/h4-6,9,11,14H,2-3,7-8,17H2,1H3,(H,18,20). The lowest BCUT2D eigenvalue weighted by Crippen LogP contribution is -2.53. The number of likely N-dealkylation sites (tertiary alicyclic amines) is 1. The van der Waals surface area contributed by atoms with Crippen LogP contribution in [0.4, 0.5) is 10.5 Å². The molecule has 5 heteroatoms. The van der Waals surface area contributed by atoms with Crippen molar-refractivity contribution in [1.82, 2.24) is 4.90 Å². The summed E-state index contributed by atoms with van der Waals surface area (Å²) in [5.74, 6) is 0. The number of hydrogen-bond donors (Lipinski definition) is 2. The van der Waals surface area contributed by atoms with Crippen LogP contribution in [0.1, 0.15) is 31.7 Å². The van der Waals surface area contributed by atoms with Gasteiger partial charge in [-0.25, -0.2) is 4.79 Å². The van der Waals surface area contributed by atoms with Crippen molar-refractivity contribution in [3.63, 3.8) is 0 Å². The lowest BCUT2D eigenvalue weighted by atomic mass is 9.97. The minimum atomic E-state index is -0.137. The maximum absolute atomic E-state index is 12.4. The lowest BCUT2D eigenvalue weighted by Gasteiger charge is -2.37. The number of urea groups is 1. The van der Waals surface area contributed by atoms with E-state index >= 15 is 0 Å². The highest BCUT2D eigenvalue weighted by Gasteiger charge is 2.29. The topological polar surface area (TPSA) is 82.2 Å². The molecule has 106 valence electrons. The summed E-state index contributed by atoms with van der Waals surface area (Å²) in [6.07, 6.45) is 3.07. The highest BCUT2D eigenvalue weighted by molar-refractivity contribution is 5.89. The Balaban J connectivity index is 2.08. The van der Waals surface area contributed by atoms with Gasteiger partial charge in [0, 0.05) is 24.3 Å². The number of piperidine rings is 1. The van der Waals surface area contributed by atoms with Gasteiger partial charge in [0.05, 0.1) is 11.6 Å². The first kappa shape index (κ1) is 14.4. The molecule has 1 saturated heterocycles. The molecule has 3 N–H and O–H groups in total. The van der Waals surface area contributed by atoms with Gasteiger partial charge in [-0.05, 0) is 44.4 Å². The molecule has 0 spiro atoms. The Morgan fingerprint density at radius 1 is 1.55 bits per heavy atom. The summed E-state index contributed by atoms with van der Waals surface area (Å²) in [7, 11) is 0. The van der Waals surface area contributed by atoms with E-state index in [2.05, 4.69) is 11.4 Å². The number of nitriles is 1. The van der Waals surface area contributed by atoms with Crippen LogP contribution >= 0.6 is 0 Å². The Morgan fingerprint density at radius 2 is 2.35 bits per heavy atom. The highest BCUT2D eigenvalue weighted by atomic mass is 16.2. The molecule has 1 aliphatic rings. The van der Waals surface area contributed by atoms with Crippen LogP contribution in [0.15, 0.2) is 24.3 Å². The molecule has 1 aliphatic heterocycles. The summed E-state index contributed by atoms with van der Waals surface area (Å²) < 4.78 is 0. The van der Waals surface area contributed by atoms with Gasteiger partial charge in [-0.1, -0.05) is 6.07 Å². The van der Waals surface area contributed by atoms with E-state index in [9.17, 15) is 4.79 Å². The monoisotopic (exact) mass is 272 g/mol. The average molecular weight is 272 g/mol. The zero-order valence-electron chi connectivity index (χ0n) is 11.7. The molecule has 0 radical (unpaired) electrons.